The van der Waals surface area contributed by atoms with Crippen LogP contribution in [-0.4, -0.2) is 12.1 Å². The van der Waals surface area contributed by atoms with Gasteiger partial charge in [-0.25, -0.2) is 5.43 Å². The minimum absolute atomic E-state index is 0.274. The number of anilines is 1. The molecule has 5 heteroatoms. The van der Waals surface area contributed by atoms with Crippen LogP contribution in [-0.2, 0) is 0 Å². The Bertz CT molecular complexity index is 534. The van der Waals surface area contributed by atoms with Crippen molar-refractivity contribution in [3.63, 3.8) is 0 Å². The van der Waals surface area contributed by atoms with Gasteiger partial charge in [-0.15, -0.1) is 0 Å². The first-order chi connectivity index (χ1) is 8.25. The molecule has 0 aliphatic rings. The van der Waals surface area contributed by atoms with E-state index in [9.17, 15) is 4.79 Å². The lowest BCUT2D eigenvalue weighted by Gasteiger charge is -2.00. The summed E-state index contributed by atoms with van der Waals surface area (Å²) in [6.07, 6.45) is 1.60. The van der Waals surface area contributed by atoms with Gasteiger partial charge in [0, 0.05) is 16.8 Å². The van der Waals surface area contributed by atoms with Crippen LogP contribution in [0.1, 0.15) is 15.9 Å². The van der Waals surface area contributed by atoms with Crippen molar-refractivity contribution in [2.45, 2.75) is 0 Å². The van der Waals surface area contributed by atoms with E-state index in [1.54, 1.807) is 41.8 Å². The minimum atomic E-state index is -0.274. The molecule has 0 fully saturated rings. The van der Waals surface area contributed by atoms with Crippen molar-refractivity contribution in [1.82, 2.24) is 5.43 Å². The summed E-state index contributed by atoms with van der Waals surface area (Å²) in [7, 11) is 0. The number of carbonyl (C=O) groups is 1. The number of carbonyl (C=O) groups excluding carboxylic acids is 1. The molecule has 1 aromatic heterocycles. The third-order valence-corrected chi connectivity index (χ3v) is 2.77. The van der Waals surface area contributed by atoms with Gasteiger partial charge in [-0.05, 0) is 35.0 Å². The number of hydrogen-bond acceptors (Lipinski definition) is 4. The SMILES string of the molecule is Nc1cccc(C(=O)NN=Cc2ccsc2)c1. The molecule has 1 heterocycles. The molecule has 0 unspecified atom stereocenters. The van der Waals surface area contributed by atoms with Crippen LogP contribution in [0.3, 0.4) is 0 Å². The number of nitrogens with zero attached hydrogens (tertiary/aromatic N) is 1. The zero-order valence-corrected chi connectivity index (χ0v) is 9.78. The average Bonchev–Trinajstić information content (AvgIpc) is 2.82. The summed E-state index contributed by atoms with van der Waals surface area (Å²) < 4.78 is 0. The van der Waals surface area contributed by atoms with Crippen molar-refractivity contribution >= 4 is 29.1 Å². The standard InChI is InChI=1S/C12H11N3OS/c13-11-3-1-2-10(6-11)12(16)15-14-7-9-4-5-17-8-9/h1-8H,13H2,(H,15,16). The third kappa shape index (κ3) is 3.15. The molecule has 3 N–H and O–H groups in total. The highest BCUT2D eigenvalue weighted by Crippen LogP contribution is 2.06. The van der Waals surface area contributed by atoms with Crippen molar-refractivity contribution in [3.8, 4) is 0 Å². The maximum absolute atomic E-state index is 11.6. The molecule has 86 valence electrons. The van der Waals surface area contributed by atoms with Gasteiger partial charge in [-0.1, -0.05) is 6.07 Å². The molecular formula is C12H11N3OS. The molecule has 1 amide bonds. The normalized spacial score (nSPS) is 10.6. The van der Waals surface area contributed by atoms with Crippen LogP contribution in [0.2, 0.25) is 0 Å². The number of nitrogens with one attached hydrogen (secondary N) is 1. The molecular weight excluding hydrogens is 234 g/mol. The van der Waals surface area contributed by atoms with Crippen LogP contribution in [0.4, 0.5) is 5.69 Å². The monoisotopic (exact) mass is 245 g/mol. The number of benzene rings is 1. The fourth-order valence-corrected chi connectivity index (χ4v) is 1.87. The van der Waals surface area contributed by atoms with E-state index in [1.165, 1.54) is 0 Å². The van der Waals surface area contributed by atoms with Gasteiger partial charge < -0.3 is 5.73 Å². The maximum atomic E-state index is 11.6. The third-order valence-electron chi connectivity index (χ3n) is 2.07. The molecule has 0 bridgehead atoms. The second kappa shape index (κ2) is 5.27. The predicted molar refractivity (Wildman–Crippen MR) is 70.2 cm³/mol. The lowest BCUT2D eigenvalue weighted by atomic mass is 10.2. The molecule has 17 heavy (non-hydrogen) atoms. The molecule has 0 aliphatic heterocycles. The first-order valence-electron chi connectivity index (χ1n) is 4.97. The van der Waals surface area contributed by atoms with Crippen molar-refractivity contribution in [2.24, 2.45) is 5.10 Å². The summed E-state index contributed by atoms with van der Waals surface area (Å²) in [5, 5.41) is 7.75. The van der Waals surface area contributed by atoms with Crippen LogP contribution < -0.4 is 11.2 Å². The summed E-state index contributed by atoms with van der Waals surface area (Å²) in [5.74, 6) is -0.274. The zero-order chi connectivity index (χ0) is 12.1. The largest absolute Gasteiger partial charge is 0.399 e. The Kier molecular flexibility index (Phi) is 3.52. The van der Waals surface area contributed by atoms with Gasteiger partial charge in [-0.3, -0.25) is 4.79 Å². The Hall–Kier alpha value is -2.14. The lowest BCUT2D eigenvalue weighted by molar-refractivity contribution is 0.0955. The number of hydrazone groups is 1. The summed E-state index contributed by atoms with van der Waals surface area (Å²) in [6.45, 7) is 0. The van der Waals surface area contributed by atoms with E-state index in [4.69, 9.17) is 5.73 Å². The van der Waals surface area contributed by atoms with E-state index < -0.39 is 0 Å². The maximum Gasteiger partial charge on any atom is 0.271 e. The molecule has 0 atom stereocenters. The average molecular weight is 245 g/mol. The van der Waals surface area contributed by atoms with E-state index >= 15 is 0 Å². The van der Waals surface area contributed by atoms with Gasteiger partial charge in [0.05, 0.1) is 6.21 Å². The van der Waals surface area contributed by atoms with Crippen LogP contribution in [0.15, 0.2) is 46.2 Å². The Morgan fingerprint density at radius 2 is 2.29 bits per heavy atom. The van der Waals surface area contributed by atoms with E-state index in [0.717, 1.165) is 5.56 Å². The summed E-state index contributed by atoms with van der Waals surface area (Å²) in [6, 6.07) is 8.67. The van der Waals surface area contributed by atoms with Crippen LogP contribution in [0.25, 0.3) is 0 Å². The molecule has 2 rings (SSSR count). The summed E-state index contributed by atoms with van der Waals surface area (Å²) in [5.41, 5.74) is 10.0. The van der Waals surface area contributed by atoms with Gasteiger partial charge >= 0.3 is 0 Å². The van der Waals surface area contributed by atoms with Crippen molar-refractivity contribution in [2.75, 3.05) is 5.73 Å². The van der Waals surface area contributed by atoms with Crippen LogP contribution in [0.5, 0.6) is 0 Å². The van der Waals surface area contributed by atoms with Crippen molar-refractivity contribution in [3.05, 3.63) is 52.2 Å². The fourth-order valence-electron chi connectivity index (χ4n) is 1.26. The van der Waals surface area contributed by atoms with E-state index in [2.05, 4.69) is 10.5 Å². The number of nitrogen functional groups attached to an aromatic ring is 1. The number of nitrogens with two attached hydrogens (primary N) is 1. The first kappa shape index (κ1) is 11.3. The molecule has 0 spiro atoms. The number of amides is 1. The lowest BCUT2D eigenvalue weighted by Crippen LogP contribution is -2.17. The highest BCUT2D eigenvalue weighted by atomic mass is 32.1. The number of rotatable bonds is 3. The highest BCUT2D eigenvalue weighted by molar-refractivity contribution is 7.08. The van der Waals surface area contributed by atoms with Gasteiger partial charge in [0.25, 0.3) is 5.91 Å². The molecule has 0 aliphatic carbocycles. The predicted octanol–water partition coefficient (Wildman–Crippen LogP) is 2.09. The zero-order valence-electron chi connectivity index (χ0n) is 8.96. The molecule has 2 aromatic rings. The van der Waals surface area contributed by atoms with E-state index in [1.807, 2.05) is 16.8 Å². The Morgan fingerprint density at radius 3 is 3.00 bits per heavy atom. The summed E-state index contributed by atoms with van der Waals surface area (Å²) in [4.78, 5) is 11.6. The van der Waals surface area contributed by atoms with E-state index in [0.29, 0.717) is 11.3 Å². The minimum Gasteiger partial charge on any atom is -0.399 e. The fraction of sp³-hybridized carbons (Fsp3) is 0. The second-order valence-corrected chi connectivity index (χ2v) is 4.16. The Balaban J connectivity index is 1.98. The van der Waals surface area contributed by atoms with Gasteiger partial charge in [-0.2, -0.15) is 16.4 Å². The highest BCUT2D eigenvalue weighted by Gasteiger charge is 2.03. The smallest absolute Gasteiger partial charge is 0.271 e. The van der Waals surface area contributed by atoms with Gasteiger partial charge in [0.1, 0.15) is 0 Å². The Morgan fingerprint density at radius 1 is 1.41 bits per heavy atom. The topological polar surface area (TPSA) is 67.5 Å². The molecule has 0 radical (unpaired) electrons. The quantitative estimate of drug-likeness (QED) is 0.494. The van der Waals surface area contributed by atoms with Gasteiger partial charge in [0.15, 0.2) is 0 Å². The van der Waals surface area contributed by atoms with Crippen LogP contribution >= 0.6 is 11.3 Å². The molecule has 0 saturated heterocycles. The summed E-state index contributed by atoms with van der Waals surface area (Å²) >= 11 is 1.58. The number of hydrogen-bond donors (Lipinski definition) is 2. The molecule has 4 nitrogen and oxygen atoms in total. The van der Waals surface area contributed by atoms with E-state index in [-0.39, 0.29) is 5.91 Å². The second-order valence-electron chi connectivity index (χ2n) is 3.38. The first-order valence-corrected chi connectivity index (χ1v) is 5.91. The van der Waals surface area contributed by atoms with Gasteiger partial charge in [0.2, 0.25) is 0 Å². The Labute approximate surface area is 103 Å². The molecule has 0 saturated carbocycles. The van der Waals surface area contributed by atoms with Crippen molar-refractivity contribution < 1.29 is 4.79 Å². The number of thiophene rings is 1. The van der Waals surface area contributed by atoms with Crippen LogP contribution in [0, 0.1) is 0 Å². The van der Waals surface area contributed by atoms with Crippen molar-refractivity contribution in [1.29, 1.82) is 0 Å². The molecule has 1 aromatic carbocycles.